The van der Waals surface area contributed by atoms with Gasteiger partial charge in [0, 0.05) is 18.7 Å². The van der Waals surface area contributed by atoms with Gasteiger partial charge in [-0.1, -0.05) is 85.8 Å². The second-order valence-corrected chi connectivity index (χ2v) is 11.0. The molecule has 0 bridgehead atoms. The summed E-state index contributed by atoms with van der Waals surface area (Å²) in [6.07, 6.45) is 1.93. The molecule has 3 amide bonds. The first-order valence-corrected chi connectivity index (χ1v) is 13.9. The normalized spacial score (nSPS) is 12.5. The van der Waals surface area contributed by atoms with Crippen LogP contribution in [0.5, 0.6) is 0 Å². The van der Waals surface area contributed by atoms with Crippen LogP contribution in [0.1, 0.15) is 56.0 Å². The van der Waals surface area contributed by atoms with Gasteiger partial charge in [-0.2, -0.15) is 0 Å². The molecule has 2 atom stereocenters. The van der Waals surface area contributed by atoms with E-state index in [1.807, 2.05) is 85.8 Å². The van der Waals surface area contributed by atoms with Crippen LogP contribution in [-0.2, 0) is 27.2 Å². The molecule has 3 aromatic carbocycles. The van der Waals surface area contributed by atoms with Crippen molar-refractivity contribution in [2.45, 2.75) is 65.1 Å². The summed E-state index contributed by atoms with van der Waals surface area (Å²) in [6, 6.07) is 22.6. The number of aryl methyl sites for hydroxylation is 2. The lowest BCUT2D eigenvalue weighted by Gasteiger charge is -2.34. The predicted molar refractivity (Wildman–Crippen MR) is 164 cm³/mol. The van der Waals surface area contributed by atoms with Crippen molar-refractivity contribution in [3.05, 3.63) is 114 Å². The van der Waals surface area contributed by atoms with Crippen LogP contribution in [0.3, 0.4) is 0 Å². The van der Waals surface area contributed by atoms with Gasteiger partial charge in [-0.15, -0.1) is 6.58 Å². The van der Waals surface area contributed by atoms with E-state index in [1.165, 1.54) is 4.90 Å². The van der Waals surface area contributed by atoms with Crippen molar-refractivity contribution in [1.29, 1.82) is 0 Å². The lowest BCUT2D eigenvalue weighted by atomic mass is 9.98. The third-order valence-corrected chi connectivity index (χ3v) is 6.55. The molecule has 0 saturated heterocycles. The van der Waals surface area contributed by atoms with Crippen LogP contribution in [-0.4, -0.2) is 41.0 Å². The van der Waals surface area contributed by atoms with Crippen LogP contribution in [0.25, 0.3) is 0 Å². The number of alkyl carbamates (subject to hydrolysis) is 1. The van der Waals surface area contributed by atoms with E-state index in [-0.39, 0.29) is 18.9 Å². The number of benzene rings is 3. The fraction of sp³-hybridized carbons (Fsp3) is 0.324. The summed E-state index contributed by atoms with van der Waals surface area (Å²) >= 11 is 0. The van der Waals surface area contributed by atoms with Crippen LogP contribution < -0.4 is 10.6 Å². The summed E-state index contributed by atoms with van der Waals surface area (Å²) in [5.41, 5.74) is 3.43. The second-order valence-electron chi connectivity index (χ2n) is 11.0. The Morgan fingerprint density at radius 3 is 2.15 bits per heavy atom. The van der Waals surface area contributed by atoms with Gasteiger partial charge in [-0.05, 0) is 62.4 Å². The number of hydrogen-bond acceptors (Lipinski definition) is 4. The SMILES string of the molecule is C=CCN(C(=O)C(Cc1ccccc1)NC(=O)OC(C)(C)C)C(C(=O)Nc1ccccc1C)c1ccc(CC)cc1. The Hall–Kier alpha value is -4.39. The fourth-order valence-electron chi connectivity index (χ4n) is 4.48. The number of carbonyl (C=O) groups is 3. The fourth-order valence-corrected chi connectivity index (χ4v) is 4.48. The van der Waals surface area contributed by atoms with Gasteiger partial charge in [0.25, 0.3) is 5.91 Å². The minimum Gasteiger partial charge on any atom is -0.444 e. The molecule has 216 valence electrons. The number of nitrogens with one attached hydrogen (secondary N) is 2. The maximum atomic E-state index is 14.3. The molecule has 0 aromatic heterocycles. The highest BCUT2D eigenvalue weighted by atomic mass is 16.6. The summed E-state index contributed by atoms with van der Waals surface area (Å²) in [4.78, 5) is 42.6. The molecule has 0 heterocycles. The van der Waals surface area contributed by atoms with E-state index in [1.54, 1.807) is 26.8 Å². The van der Waals surface area contributed by atoms with Gasteiger partial charge in [0.05, 0.1) is 0 Å². The molecule has 2 unspecified atom stereocenters. The molecular formula is C34H41N3O4. The average Bonchev–Trinajstić information content (AvgIpc) is 2.93. The Labute approximate surface area is 243 Å². The van der Waals surface area contributed by atoms with E-state index >= 15 is 0 Å². The molecule has 3 rings (SSSR count). The molecular weight excluding hydrogens is 514 g/mol. The molecule has 0 aliphatic carbocycles. The van der Waals surface area contributed by atoms with Crippen molar-refractivity contribution in [3.8, 4) is 0 Å². The van der Waals surface area contributed by atoms with Crippen LogP contribution in [0.4, 0.5) is 10.5 Å². The average molecular weight is 556 g/mol. The van der Waals surface area contributed by atoms with Gasteiger partial charge in [0.1, 0.15) is 17.7 Å². The van der Waals surface area contributed by atoms with E-state index in [0.717, 1.165) is 23.1 Å². The zero-order valence-corrected chi connectivity index (χ0v) is 24.6. The highest BCUT2D eigenvalue weighted by Crippen LogP contribution is 2.26. The Morgan fingerprint density at radius 1 is 0.927 bits per heavy atom. The van der Waals surface area contributed by atoms with Crippen LogP contribution >= 0.6 is 0 Å². The Bertz CT molecular complexity index is 1330. The lowest BCUT2D eigenvalue weighted by molar-refractivity contribution is -0.140. The van der Waals surface area contributed by atoms with Crippen molar-refractivity contribution in [3.63, 3.8) is 0 Å². The summed E-state index contributed by atoms with van der Waals surface area (Å²) in [6.45, 7) is 13.2. The van der Waals surface area contributed by atoms with E-state index in [9.17, 15) is 14.4 Å². The van der Waals surface area contributed by atoms with Crippen LogP contribution in [0, 0.1) is 6.92 Å². The first-order valence-electron chi connectivity index (χ1n) is 13.9. The van der Waals surface area contributed by atoms with Crippen molar-refractivity contribution in [2.24, 2.45) is 0 Å². The summed E-state index contributed by atoms with van der Waals surface area (Å²) in [5, 5.41) is 5.78. The standard InChI is InChI=1S/C34H41N3O4/c1-7-22-37(32(39)29(23-26-15-10-9-11-16-26)36-33(40)41-34(4,5)6)30(27-20-18-25(8-2)19-21-27)31(38)35-28-17-13-12-14-24(28)3/h7,9-21,29-30H,1,8,22-23H2,2-6H3,(H,35,38)(H,36,40). The van der Waals surface area contributed by atoms with E-state index < -0.39 is 29.7 Å². The zero-order chi connectivity index (χ0) is 30.0. The van der Waals surface area contributed by atoms with Gasteiger partial charge < -0.3 is 20.3 Å². The molecule has 7 heteroatoms. The molecule has 3 aromatic rings. The number of rotatable bonds is 11. The van der Waals surface area contributed by atoms with E-state index in [2.05, 4.69) is 24.1 Å². The molecule has 2 N–H and O–H groups in total. The second kappa shape index (κ2) is 14.3. The van der Waals surface area contributed by atoms with Gasteiger partial charge in [-0.3, -0.25) is 9.59 Å². The predicted octanol–water partition coefficient (Wildman–Crippen LogP) is 6.39. The molecule has 0 radical (unpaired) electrons. The zero-order valence-electron chi connectivity index (χ0n) is 24.6. The molecule has 0 saturated carbocycles. The number of amides is 3. The molecule has 7 nitrogen and oxygen atoms in total. The molecule has 41 heavy (non-hydrogen) atoms. The number of ether oxygens (including phenoxy) is 1. The van der Waals surface area contributed by atoms with Crippen molar-refractivity contribution < 1.29 is 19.1 Å². The third-order valence-electron chi connectivity index (χ3n) is 6.55. The molecule has 0 spiro atoms. The summed E-state index contributed by atoms with van der Waals surface area (Å²) in [7, 11) is 0. The Kier molecular flexibility index (Phi) is 10.9. The maximum absolute atomic E-state index is 14.3. The number of carbonyl (C=O) groups excluding carboxylic acids is 3. The van der Waals surface area contributed by atoms with E-state index in [4.69, 9.17) is 4.74 Å². The van der Waals surface area contributed by atoms with Crippen LogP contribution in [0.15, 0.2) is 91.5 Å². The van der Waals surface area contributed by atoms with Gasteiger partial charge in [-0.25, -0.2) is 4.79 Å². The Balaban J connectivity index is 2.04. The highest BCUT2D eigenvalue weighted by molar-refractivity contribution is 5.99. The molecule has 0 aliphatic heterocycles. The van der Waals surface area contributed by atoms with Crippen molar-refractivity contribution >= 4 is 23.6 Å². The van der Waals surface area contributed by atoms with Crippen LogP contribution in [0.2, 0.25) is 0 Å². The van der Waals surface area contributed by atoms with E-state index in [0.29, 0.717) is 11.3 Å². The molecule has 0 fully saturated rings. The largest absolute Gasteiger partial charge is 0.444 e. The quantitative estimate of drug-likeness (QED) is 0.269. The maximum Gasteiger partial charge on any atom is 0.408 e. The first kappa shape index (κ1) is 31.1. The number of para-hydroxylation sites is 1. The smallest absolute Gasteiger partial charge is 0.408 e. The Morgan fingerprint density at radius 2 is 1.56 bits per heavy atom. The summed E-state index contributed by atoms with van der Waals surface area (Å²) < 4.78 is 5.49. The number of nitrogens with zero attached hydrogens (tertiary/aromatic N) is 1. The minimum atomic E-state index is -0.990. The van der Waals surface area contributed by atoms with Gasteiger partial charge in [0.15, 0.2) is 0 Å². The van der Waals surface area contributed by atoms with Crippen molar-refractivity contribution in [2.75, 3.05) is 11.9 Å². The monoisotopic (exact) mass is 555 g/mol. The molecule has 0 aliphatic rings. The first-order chi connectivity index (χ1) is 19.5. The van der Waals surface area contributed by atoms with Crippen molar-refractivity contribution in [1.82, 2.24) is 10.2 Å². The lowest BCUT2D eigenvalue weighted by Crippen LogP contribution is -2.53. The highest BCUT2D eigenvalue weighted by Gasteiger charge is 2.36. The number of anilines is 1. The minimum absolute atomic E-state index is 0.0848. The van der Waals surface area contributed by atoms with Gasteiger partial charge >= 0.3 is 6.09 Å². The third kappa shape index (κ3) is 9.07. The summed E-state index contributed by atoms with van der Waals surface area (Å²) in [5.74, 6) is -0.793. The van der Waals surface area contributed by atoms with Gasteiger partial charge in [0.2, 0.25) is 5.91 Å². The topological polar surface area (TPSA) is 87.7 Å². The number of hydrogen-bond donors (Lipinski definition) is 2.